The lowest BCUT2D eigenvalue weighted by Crippen LogP contribution is -2.29. The van der Waals surface area contributed by atoms with E-state index in [1.165, 1.54) is 23.1 Å². The number of nitrogens with zero attached hydrogens (tertiary/aromatic N) is 2. The Kier molecular flexibility index (Phi) is 7.45. The summed E-state index contributed by atoms with van der Waals surface area (Å²) in [6.45, 7) is 3.20. The SMILES string of the molecule is Cc1ccc(S(=O)(=O)OC[C@H]2CN(c3ccc(N4CCCSCCC4)c(F)c3)C(=O)O2)cc1. The van der Waals surface area contributed by atoms with E-state index in [9.17, 15) is 17.6 Å². The lowest BCUT2D eigenvalue weighted by Gasteiger charge is -2.27. The van der Waals surface area contributed by atoms with Gasteiger partial charge in [-0.05, 0) is 61.6 Å². The lowest BCUT2D eigenvalue weighted by molar-refractivity contribution is 0.107. The van der Waals surface area contributed by atoms with Gasteiger partial charge in [0.05, 0.1) is 22.8 Å². The van der Waals surface area contributed by atoms with Gasteiger partial charge in [0.25, 0.3) is 10.1 Å². The summed E-state index contributed by atoms with van der Waals surface area (Å²) < 4.78 is 50.1. The number of rotatable bonds is 6. The molecule has 2 fully saturated rings. The Morgan fingerprint density at radius 3 is 2.48 bits per heavy atom. The third-order valence-corrected chi connectivity index (χ3v) is 8.06. The van der Waals surface area contributed by atoms with E-state index in [1.54, 1.807) is 24.3 Å². The van der Waals surface area contributed by atoms with E-state index in [0.29, 0.717) is 11.4 Å². The Balaban J connectivity index is 1.39. The number of cyclic esters (lactones) is 1. The van der Waals surface area contributed by atoms with Crippen LogP contribution in [0, 0.1) is 12.7 Å². The first-order chi connectivity index (χ1) is 15.8. The van der Waals surface area contributed by atoms with Gasteiger partial charge in [-0.15, -0.1) is 0 Å². The monoisotopic (exact) mass is 494 g/mol. The van der Waals surface area contributed by atoms with Crippen LogP contribution in [0.15, 0.2) is 47.4 Å². The highest BCUT2D eigenvalue weighted by atomic mass is 32.2. The van der Waals surface area contributed by atoms with Gasteiger partial charge in [-0.3, -0.25) is 9.08 Å². The van der Waals surface area contributed by atoms with Crippen LogP contribution in [0.5, 0.6) is 0 Å². The minimum absolute atomic E-state index is 0.0368. The molecule has 1 atom stereocenters. The third kappa shape index (κ3) is 5.80. The lowest BCUT2D eigenvalue weighted by atomic mass is 10.2. The van der Waals surface area contributed by atoms with E-state index in [-0.39, 0.29) is 18.0 Å². The number of ether oxygens (including phenoxy) is 1. The standard InChI is InChI=1S/C23H27FN2O5S2/c1-17-4-7-20(8-5-17)33(28,29)30-16-19-15-26(23(27)31-19)18-6-9-22(21(24)14-18)25-10-2-12-32-13-3-11-25/h4-9,14,19H,2-3,10-13,15-16H2,1H3/t19-/m1/s1. The van der Waals surface area contributed by atoms with Crippen LogP contribution in [0.25, 0.3) is 0 Å². The second-order valence-corrected chi connectivity index (χ2v) is 11.0. The summed E-state index contributed by atoms with van der Waals surface area (Å²) in [5.41, 5.74) is 1.83. The number of aryl methyl sites for hydroxylation is 1. The van der Waals surface area contributed by atoms with Crippen LogP contribution in [-0.2, 0) is 19.0 Å². The van der Waals surface area contributed by atoms with E-state index in [4.69, 9.17) is 8.92 Å². The van der Waals surface area contributed by atoms with Crippen LogP contribution in [0.2, 0.25) is 0 Å². The largest absolute Gasteiger partial charge is 0.441 e. The van der Waals surface area contributed by atoms with Gasteiger partial charge in [0.2, 0.25) is 0 Å². The Labute approximate surface area is 198 Å². The summed E-state index contributed by atoms with van der Waals surface area (Å²) in [5, 5.41) is 0. The number of thioether (sulfide) groups is 1. The smallest absolute Gasteiger partial charge is 0.414 e. The fourth-order valence-electron chi connectivity index (χ4n) is 3.85. The first kappa shape index (κ1) is 23.8. The molecular formula is C23H27FN2O5S2. The summed E-state index contributed by atoms with van der Waals surface area (Å²) in [6.07, 6.45) is 0.550. The van der Waals surface area contributed by atoms with Gasteiger partial charge in [0.1, 0.15) is 18.5 Å². The summed E-state index contributed by atoms with van der Waals surface area (Å²) in [5.74, 6) is 1.74. The fraction of sp³-hybridized carbons (Fsp3) is 0.435. The van der Waals surface area contributed by atoms with Crippen molar-refractivity contribution in [3.05, 3.63) is 53.8 Å². The van der Waals surface area contributed by atoms with Crippen molar-refractivity contribution in [2.24, 2.45) is 0 Å². The minimum Gasteiger partial charge on any atom is -0.441 e. The molecule has 178 valence electrons. The van der Waals surface area contributed by atoms with Crippen LogP contribution in [0.1, 0.15) is 18.4 Å². The molecule has 0 N–H and O–H groups in total. The van der Waals surface area contributed by atoms with Crippen molar-refractivity contribution in [3.63, 3.8) is 0 Å². The number of amides is 1. The van der Waals surface area contributed by atoms with Crippen molar-refractivity contribution in [1.82, 2.24) is 0 Å². The van der Waals surface area contributed by atoms with Gasteiger partial charge >= 0.3 is 6.09 Å². The summed E-state index contributed by atoms with van der Waals surface area (Å²) in [7, 11) is -3.97. The van der Waals surface area contributed by atoms with Crippen LogP contribution in [0.3, 0.4) is 0 Å². The number of anilines is 2. The van der Waals surface area contributed by atoms with Crippen LogP contribution in [0.4, 0.5) is 20.6 Å². The summed E-state index contributed by atoms with van der Waals surface area (Å²) in [4.78, 5) is 15.7. The number of hydrogen-bond donors (Lipinski definition) is 0. The molecule has 0 saturated carbocycles. The van der Waals surface area contributed by atoms with E-state index in [1.807, 2.05) is 23.6 Å². The maximum atomic E-state index is 14.9. The van der Waals surface area contributed by atoms with Gasteiger partial charge in [0.15, 0.2) is 0 Å². The normalized spacial score (nSPS) is 19.8. The summed E-state index contributed by atoms with van der Waals surface area (Å²) in [6, 6.07) is 11.0. The van der Waals surface area contributed by atoms with Crippen molar-refractivity contribution in [2.45, 2.75) is 30.8 Å². The Bertz CT molecular complexity index is 1090. The second-order valence-electron chi connectivity index (χ2n) is 8.11. The molecule has 2 aromatic carbocycles. The predicted octanol–water partition coefficient (Wildman–Crippen LogP) is 4.20. The molecule has 2 aliphatic rings. The van der Waals surface area contributed by atoms with Crippen LogP contribution >= 0.6 is 11.8 Å². The number of benzene rings is 2. The molecule has 33 heavy (non-hydrogen) atoms. The topological polar surface area (TPSA) is 76.2 Å². The quantitative estimate of drug-likeness (QED) is 0.557. The molecule has 2 heterocycles. The molecule has 10 heteroatoms. The number of halogens is 1. The molecule has 0 bridgehead atoms. The van der Waals surface area contributed by atoms with E-state index >= 15 is 0 Å². The number of carbonyl (C=O) groups excluding carboxylic acids is 1. The molecule has 0 spiro atoms. The van der Waals surface area contributed by atoms with Gasteiger partial charge in [-0.1, -0.05) is 17.7 Å². The molecule has 7 nitrogen and oxygen atoms in total. The summed E-state index contributed by atoms with van der Waals surface area (Å²) >= 11 is 1.93. The number of carbonyl (C=O) groups is 1. The molecule has 1 amide bonds. The minimum atomic E-state index is -3.97. The molecule has 0 aliphatic carbocycles. The van der Waals surface area contributed by atoms with E-state index in [0.717, 1.165) is 43.0 Å². The average Bonchev–Trinajstić information content (AvgIpc) is 3.14. The highest BCUT2D eigenvalue weighted by Gasteiger charge is 2.34. The predicted molar refractivity (Wildman–Crippen MR) is 127 cm³/mol. The highest BCUT2D eigenvalue weighted by Crippen LogP contribution is 2.29. The molecule has 0 radical (unpaired) electrons. The molecule has 2 aromatic rings. The second kappa shape index (κ2) is 10.3. The van der Waals surface area contributed by atoms with Crippen molar-refractivity contribution in [3.8, 4) is 0 Å². The fourth-order valence-corrected chi connectivity index (χ4v) is 5.65. The van der Waals surface area contributed by atoms with E-state index < -0.39 is 28.1 Å². The average molecular weight is 495 g/mol. The Morgan fingerprint density at radius 1 is 1.12 bits per heavy atom. The van der Waals surface area contributed by atoms with Crippen molar-refractivity contribution in [2.75, 3.05) is 47.5 Å². The highest BCUT2D eigenvalue weighted by molar-refractivity contribution is 7.99. The number of hydrogen-bond acceptors (Lipinski definition) is 7. The zero-order chi connectivity index (χ0) is 23.4. The first-order valence-electron chi connectivity index (χ1n) is 10.9. The maximum absolute atomic E-state index is 14.9. The molecular weight excluding hydrogens is 467 g/mol. The van der Waals surface area contributed by atoms with Crippen LogP contribution in [-0.4, -0.2) is 58.4 Å². The third-order valence-electron chi connectivity index (χ3n) is 5.61. The zero-order valence-corrected chi connectivity index (χ0v) is 20.0. The first-order valence-corrected chi connectivity index (χ1v) is 13.5. The maximum Gasteiger partial charge on any atom is 0.414 e. The molecule has 0 aromatic heterocycles. The molecule has 2 saturated heterocycles. The zero-order valence-electron chi connectivity index (χ0n) is 18.4. The van der Waals surface area contributed by atoms with Gasteiger partial charge in [-0.2, -0.15) is 20.2 Å². The van der Waals surface area contributed by atoms with Crippen molar-refractivity contribution in [1.29, 1.82) is 0 Å². The van der Waals surface area contributed by atoms with Gasteiger partial charge in [-0.25, -0.2) is 9.18 Å². The van der Waals surface area contributed by atoms with Crippen molar-refractivity contribution >= 4 is 39.3 Å². The van der Waals surface area contributed by atoms with E-state index in [2.05, 4.69) is 0 Å². The van der Waals surface area contributed by atoms with Crippen LogP contribution < -0.4 is 9.80 Å². The molecule has 2 aliphatic heterocycles. The van der Waals surface area contributed by atoms with Gasteiger partial charge < -0.3 is 9.64 Å². The molecule has 0 unspecified atom stereocenters. The van der Waals surface area contributed by atoms with Gasteiger partial charge in [0, 0.05) is 13.1 Å². The Morgan fingerprint density at radius 2 is 1.82 bits per heavy atom. The van der Waals surface area contributed by atoms with Crippen molar-refractivity contribution < 1.29 is 26.5 Å². The Hall–Kier alpha value is -2.30. The molecule has 4 rings (SSSR count).